The molecule has 0 aromatic heterocycles. The highest BCUT2D eigenvalue weighted by Crippen LogP contribution is 2.44. The van der Waals surface area contributed by atoms with Crippen molar-refractivity contribution in [1.29, 1.82) is 0 Å². The van der Waals surface area contributed by atoms with E-state index in [9.17, 15) is 0 Å². The highest BCUT2D eigenvalue weighted by atomic mass is 16.5. The average molecular weight is 421 g/mol. The Labute approximate surface area is 185 Å². The van der Waals surface area contributed by atoms with Crippen LogP contribution < -0.4 is 9.47 Å². The summed E-state index contributed by atoms with van der Waals surface area (Å²) in [7, 11) is 0. The van der Waals surface area contributed by atoms with Crippen molar-refractivity contribution in [2.45, 2.75) is 31.6 Å². The normalized spacial score (nSPS) is 11.3. The average Bonchev–Trinajstić information content (AvgIpc) is 2.84. The third kappa shape index (κ3) is 5.46. The zero-order valence-electron chi connectivity index (χ0n) is 18.2. The SMILES string of the molecule is CCCCC(c1ccccc1)(c1ccc(OCCO)cc1)c1ccc(OCCO)cc1. The molecule has 164 valence electrons. The minimum absolute atomic E-state index is 0.00307. The van der Waals surface area contributed by atoms with Crippen LogP contribution in [0.1, 0.15) is 42.9 Å². The summed E-state index contributed by atoms with van der Waals surface area (Å²) in [4.78, 5) is 0. The van der Waals surface area contributed by atoms with Gasteiger partial charge in [-0.1, -0.05) is 74.4 Å². The zero-order valence-corrected chi connectivity index (χ0v) is 18.2. The van der Waals surface area contributed by atoms with Crippen LogP contribution in [-0.4, -0.2) is 36.6 Å². The van der Waals surface area contributed by atoms with Crippen LogP contribution in [0.3, 0.4) is 0 Å². The Morgan fingerprint density at radius 3 is 1.52 bits per heavy atom. The van der Waals surface area contributed by atoms with Crippen LogP contribution in [0.4, 0.5) is 0 Å². The number of unbranched alkanes of at least 4 members (excludes halogenated alkanes) is 1. The molecule has 0 bridgehead atoms. The second-order valence-electron chi connectivity index (χ2n) is 7.57. The molecule has 31 heavy (non-hydrogen) atoms. The lowest BCUT2D eigenvalue weighted by atomic mass is 9.66. The van der Waals surface area contributed by atoms with E-state index >= 15 is 0 Å². The molecule has 4 heteroatoms. The Morgan fingerprint density at radius 2 is 1.10 bits per heavy atom. The van der Waals surface area contributed by atoms with Gasteiger partial charge in [-0.2, -0.15) is 0 Å². The molecule has 0 aliphatic carbocycles. The molecule has 4 nitrogen and oxygen atoms in total. The van der Waals surface area contributed by atoms with E-state index in [2.05, 4.69) is 55.5 Å². The number of aliphatic hydroxyl groups excluding tert-OH is 2. The first-order valence-corrected chi connectivity index (χ1v) is 11.0. The maximum Gasteiger partial charge on any atom is 0.119 e. The smallest absolute Gasteiger partial charge is 0.119 e. The van der Waals surface area contributed by atoms with Gasteiger partial charge < -0.3 is 19.7 Å². The van der Waals surface area contributed by atoms with Gasteiger partial charge in [-0.05, 0) is 47.4 Å². The van der Waals surface area contributed by atoms with Gasteiger partial charge in [0.05, 0.1) is 13.2 Å². The molecular weight excluding hydrogens is 388 g/mol. The van der Waals surface area contributed by atoms with Gasteiger partial charge in [0.1, 0.15) is 24.7 Å². The molecule has 2 N–H and O–H groups in total. The van der Waals surface area contributed by atoms with Gasteiger partial charge in [-0.3, -0.25) is 0 Å². The molecule has 3 aromatic rings. The van der Waals surface area contributed by atoms with Crippen molar-refractivity contribution < 1.29 is 19.7 Å². The Balaban J connectivity index is 2.09. The van der Waals surface area contributed by atoms with E-state index in [1.807, 2.05) is 30.3 Å². The first-order chi connectivity index (χ1) is 15.2. The monoisotopic (exact) mass is 420 g/mol. The lowest BCUT2D eigenvalue weighted by Crippen LogP contribution is -2.29. The predicted molar refractivity (Wildman–Crippen MR) is 124 cm³/mol. The second kappa shape index (κ2) is 11.5. The van der Waals surface area contributed by atoms with E-state index in [-0.39, 0.29) is 31.8 Å². The molecule has 3 rings (SSSR count). The standard InChI is InChI=1S/C27H32O4/c1-2-3-17-27(22-7-5-4-6-8-22,23-9-13-25(14-10-23)30-20-18-28)24-11-15-26(16-12-24)31-21-19-29/h4-16,28-29H,2-3,17-21H2,1H3. The molecule has 0 amide bonds. The minimum atomic E-state index is -0.303. The van der Waals surface area contributed by atoms with Gasteiger partial charge in [-0.25, -0.2) is 0 Å². The number of benzene rings is 3. The number of hydrogen-bond donors (Lipinski definition) is 2. The summed E-state index contributed by atoms with van der Waals surface area (Å²) in [5.41, 5.74) is 3.35. The maximum absolute atomic E-state index is 9.03. The van der Waals surface area contributed by atoms with Crippen LogP contribution in [0.25, 0.3) is 0 Å². The quantitative estimate of drug-likeness (QED) is 0.407. The number of rotatable bonds is 12. The fourth-order valence-corrected chi connectivity index (χ4v) is 4.10. The molecule has 0 atom stereocenters. The van der Waals surface area contributed by atoms with Gasteiger partial charge in [0.25, 0.3) is 0 Å². The summed E-state index contributed by atoms with van der Waals surface area (Å²) in [5.74, 6) is 1.51. The van der Waals surface area contributed by atoms with E-state index in [0.29, 0.717) is 0 Å². The highest BCUT2D eigenvalue weighted by molar-refractivity contribution is 5.52. The summed E-state index contributed by atoms with van der Waals surface area (Å²) in [6.07, 6.45) is 3.16. The van der Waals surface area contributed by atoms with Crippen LogP contribution in [0.2, 0.25) is 0 Å². The molecular formula is C27H32O4. The Morgan fingerprint density at radius 1 is 0.645 bits per heavy atom. The molecule has 0 aliphatic rings. The number of hydrogen-bond acceptors (Lipinski definition) is 4. The van der Waals surface area contributed by atoms with Crippen molar-refractivity contribution >= 4 is 0 Å². The fourth-order valence-electron chi connectivity index (χ4n) is 4.10. The summed E-state index contributed by atoms with van der Waals surface area (Å²) in [5, 5.41) is 18.1. The van der Waals surface area contributed by atoms with Gasteiger partial charge in [-0.15, -0.1) is 0 Å². The highest BCUT2D eigenvalue weighted by Gasteiger charge is 2.35. The summed E-state index contributed by atoms with van der Waals surface area (Å²) in [6, 6.07) is 27.1. The first-order valence-electron chi connectivity index (χ1n) is 11.0. The third-order valence-corrected chi connectivity index (χ3v) is 5.59. The molecule has 0 saturated heterocycles. The van der Waals surface area contributed by atoms with Crippen molar-refractivity contribution in [3.05, 3.63) is 95.6 Å². The fraction of sp³-hybridized carbons (Fsp3) is 0.333. The third-order valence-electron chi connectivity index (χ3n) is 5.59. The maximum atomic E-state index is 9.03. The largest absolute Gasteiger partial charge is 0.491 e. The second-order valence-corrected chi connectivity index (χ2v) is 7.57. The van der Waals surface area contributed by atoms with Crippen molar-refractivity contribution in [3.8, 4) is 11.5 Å². The van der Waals surface area contributed by atoms with E-state index in [4.69, 9.17) is 19.7 Å². The Kier molecular flexibility index (Phi) is 8.51. The molecule has 0 aliphatic heterocycles. The zero-order chi connectivity index (χ0) is 21.9. The van der Waals surface area contributed by atoms with Crippen LogP contribution in [0, 0.1) is 0 Å². The van der Waals surface area contributed by atoms with Crippen molar-refractivity contribution in [2.24, 2.45) is 0 Å². The summed E-state index contributed by atoms with van der Waals surface area (Å²) >= 11 is 0. The summed E-state index contributed by atoms with van der Waals surface area (Å²) < 4.78 is 11.2. The molecule has 3 aromatic carbocycles. The number of ether oxygens (including phenoxy) is 2. The van der Waals surface area contributed by atoms with Crippen LogP contribution in [-0.2, 0) is 5.41 Å². The molecule has 0 unspecified atom stereocenters. The van der Waals surface area contributed by atoms with E-state index in [1.54, 1.807) is 0 Å². The van der Waals surface area contributed by atoms with Crippen LogP contribution in [0.15, 0.2) is 78.9 Å². The van der Waals surface area contributed by atoms with Crippen molar-refractivity contribution in [1.82, 2.24) is 0 Å². The number of aliphatic hydroxyl groups is 2. The topological polar surface area (TPSA) is 58.9 Å². The van der Waals surface area contributed by atoms with Gasteiger partial charge in [0.2, 0.25) is 0 Å². The predicted octanol–water partition coefficient (Wildman–Crippen LogP) is 4.95. The molecule has 0 radical (unpaired) electrons. The molecule has 0 heterocycles. The van der Waals surface area contributed by atoms with Crippen molar-refractivity contribution in [3.63, 3.8) is 0 Å². The first kappa shape index (κ1) is 22.9. The molecule has 0 spiro atoms. The Bertz CT molecular complexity index is 837. The Hall–Kier alpha value is -2.82. The van der Waals surface area contributed by atoms with Crippen LogP contribution in [0.5, 0.6) is 11.5 Å². The lowest BCUT2D eigenvalue weighted by Gasteiger charge is -2.36. The van der Waals surface area contributed by atoms with Gasteiger partial charge in [0, 0.05) is 5.41 Å². The van der Waals surface area contributed by atoms with E-state index in [0.717, 1.165) is 30.8 Å². The van der Waals surface area contributed by atoms with Crippen LogP contribution >= 0.6 is 0 Å². The van der Waals surface area contributed by atoms with E-state index < -0.39 is 0 Å². The van der Waals surface area contributed by atoms with Gasteiger partial charge >= 0.3 is 0 Å². The minimum Gasteiger partial charge on any atom is -0.491 e. The molecule has 0 fully saturated rings. The molecule has 0 saturated carbocycles. The van der Waals surface area contributed by atoms with Gasteiger partial charge in [0.15, 0.2) is 0 Å². The summed E-state index contributed by atoms with van der Waals surface area (Å²) in [6.45, 7) is 2.78. The van der Waals surface area contributed by atoms with Crippen molar-refractivity contribution in [2.75, 3.05) is 26.4 Å². The lowest BCUT2D eigenvalue weighted by molar-refractivity contribution is 0.201. The van der Waals surface area contributed by atoms with E-state index in [1.165, 1.54) is 16.7 Å².